The highest BCUT2D eigenvalue weighted by molar-refractivity contribution is 7.45. The second-order valence-corrected chi connectivity index (χ2v) is 8.89. The Morgan fingerprint density at radius 2 is 1.48 bits per heavy atom. The highest BCUT2D eigenvalue weighted by Crippen LogP contribution is 2.44. The molecule has 3 aromatic carbocycles. The Balaban J connectivity index is 0.000000160. The minimum Gasteiger partial charge on any atom is -0.381 e. The van der Waals surface area contributed by atoms with E-state index >= 15 is 0 Å². The van der Waals surface area contributed by atoms with Crippen LogP contribution >= 0.6 is 8.73 Å². The molecule has 0 fully saturated rings. The maximum Gasteiger partial charge on any atom is 0.0773 e. The van der Waals surface area contributed by atoms with E-state index in [1.165, 1.54) is 33.3 Å². The zero-order chi connectivity index (χ0) is 22.9. The lowest BCUT2D eigenvalue weighted by molar-refractivity contribution is 0.546. The fraction of sp³-hybridized carbons (Fsp3) is 0.133. The summed E-state index contributed by atoms with van der Waals surface area (Å²) in [6.07, 6.45) is 13.1. The Hall–Kier alpha value is -3.35. The van der Waals surface area contributed by atoms with Gasteiger partial charge in [0.15, 0.2) is 0 Å². The lowest BCUT2D eigenvalue weighted by Crippen LogP contribution is -2.13. The van der Waals surface area contributed by atoms with Gasteiger partial charge in [-0.1, -0.05) is 111 Å². The predicted octanol–water partition coefficient (Wildman–Crippen LogP) is 7.09. The Morgan fingerprint density at radius 3 is 2.18 bits per heavy atom. The molecular weight excluding hydrogens is 419 g/mol. The highest BCUT2D eigenvalue weighted by atomic mass is 31.1. The molecule has 1 N–H and O–H groups in total. The number of benzene rings is 3. The molecule has 3 heteroatoms. The molecule has 0 radical (unpaired) electrons. The van der Waals surface area contributed by atoms with Crippen molar-refractivity contribution in [3.05, 3.63) is 138 Å². The standard InChI is InChI=1S/C17H14NP.C11H11N.C2H6/c1-2-6-13(7-3-1)14-10-11-18-16(12-14)15-8-4-5-9-17(15)19-18;1-2-6-10(7-3-1)11-8-4-5-9-12-11;1-2/h1-12,16,19H;1-8,12H,9H2;1-2H3. The van der Waals surface area contributed by atoms with Crippen LogP contribution in [0.15, 0.2) is 122 Å². The third-order valence-electron chi connectivity index (χ3n) is 5.58. The van der Waals surface area contributed by atoms with Gasteiger partial charge >= 0.3 is 0 Å². The highest BCUT2D eigenvalue weighted by Gasteiger charge is 2.28. The normalized spacial score (nSPS) is 17.9. The topological polar surface area (TPSA) is 15.3 Å². The summed E-state index contributed by atoms with van der Waals surface area (Å²) in [6.45, 7) is 4.93. The van der Waals surface area contributed by atoms with Crippen molar-refractivity contribution >= 4 is 25.3 Å². The van der Waals surface area contributed by atoms with Crippen molar-refractivity contribution in [2.24, 2.45) is 0 Å². The van der Waals surface area contributed by atoms with E-state index in [1.54, 1.807) is 0 Å². The number of hydrogen-bond acceptors (Lipinski definition) is 2. The number of hydrogen-bond donors (Lipinski definition) is 1. The van der Waals surface area contributed by atoms with Crippen LogP contribution in [0.1, 0.15) is 36.6 Å². The van der Waals surface area contributed by atoms with Crippen molar-refractivity contribution in [1.82, 2.24) is 9.99 Å². The molecule has 33 heavy (non-hydrogen) atoms. The third kappa shape index (κ3) is 5.53. The zero-order valence-corrected chi connectivity index (χ0v) is 20.3. The van der Waals surface area contributed by atoms with E-state index < -0.39 is 0 Å². The van der Waals surface area contributed by atoms with E-state index in [4.69, 9.17) is 0 Å². The quantitative estimate of drug-likeness (QED) is 0.420. The van der Waals surface area contributed by atoms with Crippen LogP contribution in [0.5, 0.6) is 0 Å². The molecule has 0 saturated heterocycles. The molecule has 0 saturated carbocycles. The molecule has 3 heterocycles. The Bertz CT molecular complexity index is 1160. The Labute approximate surface area is 199 Å². The predicted molar refractivity (Wildman–Crippen MR) is 145 cm³/mol. The summed E-state index contributed by atoms with van der Waals surface area (Å²) < 4.78 is 2.43. The van der Waals surface area contributed by atoms with Gasteiger partial charge in [0, 0.05) is 27.2 Å². The average Bonchev–Trinajstić information content (AvgIpc) is 3.30. The molecule has 6 rings (SSSR count). The first kappa shape index (κ1) is 22.8. The van der Waals surface area contributed by atoms with Crippen LogP contribution in [-0.2, 0) is 0 Å². The van der Waals surface area contributed by atoms with E-state index in [-0.39, 0.29) is 0 Å². The number of fused-ring (bicyclic) bond motifs is 3. The first-order chi connectivity index (χ1) is 16.4. The number of nitrogens with one attached hydrogen (secondary N) is 1. The molecule has 3 aliphatic heterocycles. The van der Waals surface area contributed by atoms with Crippen LogP contribution < -0.4 is 10.6 Å². The van der Waals surface area contributed by atoms with Gasteiger partial charge in [0.05, 0.1) is 6.04 Å². The van der Waals surface area contributed by atoms with Crippen LogP contribution in [0.3, 0.4) is 0 Å². The van der Waals surface area contributed by atoms with E-state index in [0.717, 1.165) is 15.3 Å². The largest absolute Gasteiger partial charge is 0.381 e. The molecule has 0 bridgehead atoms. The van der Waals surface area contributed by atoms with Gasteiger partial charge in [0.1, 0.15) is 0 Å². The van der Waals surface area contributed by atoms with E-state index in [9.17, 15) is 0 Å². The van der Waals surface area contributed by atoms with Gasteiger partial charge < -0.3 is 9.99 Å². The second kappa shape index (κ2) is 11.5. The molecule has 0 aliphatic carbocycles. The monoisotopic (exact) mass is 450 g/mol. The maximum absolute atomic E-state index is 3.31. The maximum atomic E-state index is 3.31. The molecule has 2 nitrogen and oxygen atoms in total. The molecule has 2 unspecified atom stereocenters. The van der Waals surface area contributed by atoms with Crippen molar-refractivity contribution in [2.45, 2.75) is 19.9 Å². The molecule has 0 amide bonds. The van der Waals surface area contributed by atoms with E-state index in [0.29, 0.717) is 6.04 Å². The molecule has 0 aromatic heterocycles. The first-order valence-corrected chi connectivity index (χ1v) is 12.6. The summed E-state index contributed by atoms with van der Waals surface area (Å²) in [5.74, 6) is 0. The van der Waals surface area contributed by atoms with Gasteiger partial charge in [-0.25, -0.2) is 0 Å². The van der Waals surface area contributed by atoms with Crippen LogP contribution in [0.4, 0.5) is 0 Å². The van der Waals surface area contributed by atoms with Gasteiger partial charge in [-0.05, 0) is 45.8 Å². The summed E-state index contributed by atoms with van der Waals surface area (Å²) >= 11 is 0. The number of dihydropyridines is 1. The number of nitrogens with zero attached hydrogens (tertiary/aromatic N) is 1. The van der Waals surface area contributed by atoms with Crippen molar-refractivity contribution in [3.8, 4) is 0 Å². The average molecular weight is 451 g/mol. The van der Waals surface area contributed by atoms with Crippen molar-refractivity contribution in [3.63, 3.8) is 0 Å². The minimum absolute atomic E-state index is 0.412. The number of rotatable bonds is 2. The van der Waals surface area contributed by atoms with E-state index in [2.05, 4.69) is 125 Å². The van der Waals surface area contributed by atoms with Gasteiger partial charge in [0.25, 0.3) is 0 Å². The SMILES string of the molecule is C1=CCNC(c2ccccc2)=C1.C1=CN2Pc3ccccc3C2C=C1c1ccccc1.CC. The lowest BCUT2D eigenvalue weighted by Gasteiger charge is -2.25. The summed E-state index contributed by atoms with van der Waals surface area (Å²) in [4.78, 5) is 0. The smallest absolute Gasteiger partial charge is 0.0773 e. The minimum atomic E-state index is 0.412. The van der Waals surface area contributed by atoms with E-state index in [1.807, 2.05) is 19.9 Å². The molecule has 0 spiro atoms. The molecule has 3 aromatic rings. The molecule has 2 atom stereocenters. The summed E-state index contributed by atoms with van der Waals surface area (Å²) in [5.41, 5.74) is 6.54. The zero-order valence-electron chi connectivity index (χ0n) is 19.3. The van der Waals surface area contributed by atoms with Gasteiger partial charge in [-0.3, -0.25) is 0 Å². The summed E-state index contributed by atoms with van der Waals surface area (Å²) in [5, 5.41) is 4.78. The van der Waals surface area contributed by atoms with Crippen LogP contribution in [0, 0.1) is 0 Å². The van der Waals surface area contributed by atoms with Crippen molar-refractivity contribution in [1.29, 1.82) is 0 Å². The third-order valence-corrected chi connectivity index (χ3v) is 6.96. The van der Waals surface area contributed by atoms with Gasteiger partial charge in [-0.2, -0.15) is 0 Å². The Morgan fingerprint density at radius 1 is 0.818 bits per heavy atom. The Kier molecular flexibility index (Phi) is 7.95. The molecule has 3 aliphatic rings. The van der Waals surface area contributed by atoms with Crippen molar-refractivity contribution in [2.75, 3.05) is 6.54 Å². The lowest BCUT2D eigenvalue weighted by atomic mass is 9.97. The van der Waals surface area contributed by atoms with Crippen LogP contribution in [0.25, 0.3) is 11.3 Å². The summed E-state index contributed by atoms with van der Waals surface area (Å²) in [6, 6.07) is 30.2. The first-order valence-electron chi connectivity index (χ1n) is 11.6. The van der Waals surface area contributed by atoms with Crippen molar-refractivity contribution < 1.29 is 0 Å². The van der Waals surface area contributed by atoms with Gasteiger partial charge in [-0.15, -0.1) is 0 Å². The fourth-order valence-corrected chi connectivity index (χ4v) is 5.31. The molecule has 166 valence electrons. The fourth-order valence-electron chi connectivity index (χ4n) is 4.00. The summed E-state index contributed by atoms with van der Waals surface area (Å²) in [7, 11) is 0.759. The van der Waals surface area contributed by atoms with Crippen LogP contribution in [-0.4, -0.2) is 11.2 Å². The number of allylic oxidation sites excluding steroid dienone is 4. The second-order valence-electron chi connectivity index (χ2n) is 7.61. The molecular formula is C30H31N2P. The van der Waals surface area contributed by atoms with Gasteiger partial charge in [0.2, 0.25) is 0 Å². The van der Waals surface area contributed by atoms with Crippen LogP contribution in [0.2, 0.25) is 0 Å².